The second kappa shape index (κ2) is 10.0. The first-order valence-corrected chi connectivity index (χ1v) is 9.36. The molecule has 140 valence electrons. The molecular weight excluding hydrogens is 336 g/mol. The van der Waals surface area contributed by atoms with Gasteiger partial charge in [0.25, 0.3) is 0 Å². The fourth-order valence-electron chi connectivity index (χ4n) is 3.93. The van der Waals surface area contributed by atoms with E-state index in [1.54, 1.807) is 7.11 Å². The van der Waals surface area contributed by atoms with Gasteiger partial charge in [-0.05, 0) is 74.7 Å². The minimum atomic E-state index is 0. The average molecular weight is 367 g/mol. The second-order valence-corrected chi connectivity index (χ2v) is 7.27. The van der Waals surface area contributed by atoms with Gasteiger partial charge in [0.15, 0.2) is 0 Å². The first-order chi connectivity index (χ1) is 11.7. The van der Waals surface area contributed by atoms with Crippen LogP contribution in [0.25, 0.3) is 0 Å². The monoisotopic (exact) mass is 366 g/mol. The minimum Gasteiger partial charge on any atom is -0.497 e. The van der Waals surface area contributed by atoms with Crippen molar-refractivity contribution in [3.63, 3.8) is 0 Å². The van der Waals surface area contributed by atoms with Gasteiger partial charge in [-0.15, -0.1) is 12.4 Å². The molecule has 1 amide bonds. The zero-order valence-electron chi connectivity index (χ0n) is 15.2. The number of hydrogen-bond acceptors (Lipinski definition) is 3. The molecule has 0 aliphatic carbocycles. The van der Waals surface area contributed by atoms with Crippen molar-refractivity contribution < 1.29 is 9.53 Å². The molecule has 1 atom stereocenters. The number of nitrogens with zero attached hydrogens (tertiary/aromatic N) is 1. The number of likely N-dealkylation sites (tertiary alicyclic amines) is 1. The van der Waals surface area contributed by atoms with E-state index in [0.29, 0.717) is 17.7 Å². The lowest BCUT2D eigenvalue weighted by Crippen LogP contribution is -2.39. The minimum absolute atomic E-state index is 0. The summed E-state index contributed by atoms with van der Waals surface area (Å²) in [6.45, 7) is 4.08. The van der Waals surface area contributed by atoms with Crippen LogP contribution in [-0.4, -0.2) is 44.1 Å². The van der Waals surface area contributed by atoms with E-state index in [9.17, 15) is 4.79 Å². The van der Waals surface area contributed by atoms with Crippen LogP contribution >= 0.6 is 12.4 Å². The third-order valence-electron chi connectivity index (χ3n) is 5.58. The molecular formula is C20H31ClN2O2. The van der Waals surface area contributed by atoms with Crippen molar-refractivity contribution in [3.05, 3.63) is 29.8 Å². The van der Waals surface area contributed by atoms with Crippen LogP contribution in [0.3, 0.4) is 0 Å². The summed E-state index contributed by atoms with van der Waals surface area (Å²) in [6.07, 6.45) is 6.38. The highest BCUT2D eigenvalue weighted by atomic mass is 35.5. The van der Waals surface area contributed by atoms with E-state index in [0.717, 1.165) is 64.0 Å². The number of carbonyl (C=O) groups excluding carboxylic acids is 1. The van der Waals surface area contributed by atoms with Gasteiger partial charge in [-0.25, -0.2) is 0 Å². The number of amides is 1. The van der Waals surface area contributed by atoms with E-state index in [4.69, 9.17) is 4.74 Å². The van der Waals surface area contributed by atoms with Crippen molar-refractivity contribution in [2.24, 2.45) is 11.8 Å². The maximum absolute atomic E-state index is 12.4. The molecule has 3 rings (SSSR count). The third kappa shape index (κ3) is 5.89. The van der Waals surface area contributed by atoms with Gasteiger partial charge in [0.1, 0.15) is 5.75 Å². The maximum atomic E-state index is 12.4. The Bertz CT molecular complexity index is 521. The Balaban J connectivity index is 0.00000225. The standard InChI is InChI=1S/C20H30N2O2.ClH/c1-24-19-5-2-16(3-6-19)14-17-9-12-22(13-10-17)20(23)7-4-18-8-11-21-15-18;/h2-3,5-6,17-18,21H,4,7-15H2,1H3;1H. The van der Waals surface area contributed by atoms with E-state index in [1.807, 2.05) is 12.1 Å². The summed E-state index contributed by atoms with van der Waals surface area (Å²) < 4.78 is 5.21. The van der Waals surface area contributed by atoms with E-state index in [1.165, 1.54) is 12.0 Å². The molecule has 2 aliphatic heterocycles. The predicted molar refractivity (Wildman–Crippen MR) is 103 cm³/mol. The molecule has 2 saturated heterocycles. The smallest absolute Gasteiger partial charge is 0.222 e. The topological polar surface area (TPSA) is 41.6 Å². The molecule has 5 heteroatoms. The quantitative estimate of drug-likeness (QED) is 0.840. The van der Waals surface area contributed by atoms with Crippen molar-refractivity contribution in [2.45, 2.75) is 38.5 Å². The van der Waals surface area contributed by atoms with Crippen LogP contribution in [-0.2, 0) is 11.2 Å². The molecule has 0 aromatic heterocycles. The number of ether oxygens (including phenoxy) is 1. The largest absolute Gasteiger partial charge is 0.497 e. The predicted octanol–water partition coefficient (Wildman–Crippen LogP) is 3.29. The molecule has 0 bridgehead atoms. The number of nitrogens with one attached hydrogen (secondary N) is 1. The number of halogens is 1. The molecule has 2 heterocycles. The Morgan fingerprint density at radius 1 is 1.16 bits per heavy atom. The van der Waals surface area contributed by atoms with Crippen molar-refractivity contribution in [3.8, 4) is 5.75 Å². The normalized spacial score (nSPS) is 21.0. The average Bonchev–Trinajstić information content (AvgIpc) is 3.14. The van der Waals surface area contributed by atoms with Gasteiger partial charge in [-0.1, -0.05) is 12.1 Å². The molecule has 0 saturated carbocycles. The molecule has 1 aromatic rings. The van der Waals surface area contributed by atoms with Gasteiger partial charge in [0.05, 0.1) is 7.11 Å². The molecule has 4 nitrogen and oxygen atoms in total. The zero-order valence-corrected chi connectivity index (χ0v) is 16.0. The van der Waals surface area contributed by atoms with Gasteiger partial charge in [-0.2, -0.15) is 0 Å². The van der Waals surface area contributed by atoms with Crippen LogP contribution in [0.15, 0.2) is 24.3 Å². The molecule has 2 fully saturated rings. The Morgan fingerprint density at radius 3 is 2.48 bits per heavy atom. The molecule has 25 heavy (non-hydrogen) atoms. The summed E-state index contributed by atoms with van der Waals surface area (Å²) in [6, 6.07) is 8.38. The van der Waals surface area contributed by atoms with Crippen LogP contribution in [0.1, 0.15) is 37.7 Å². The summed E-state index contributed by atoms with van der Waals surface area (Å²) in [5.41, 5.74) is 1.37. The summed E-state index contributed by atoms with van der Waals surface area (Å²) >= 11 is 0. The van der Waals surface area contributed by atoms with E-state index < -0.39 is 0 Å². The molecule has 1 N–H and O–H groups in total. The number of methoxy groups -OCH3 is 1. The lowest BCUT2D eigenvalue weighted by Gasteiger charge is -2.32. The van der Waals surface area contributed by atoms with Gasteiger partial charge >= 0.3 is 0 Å². The Labute approximate surface area is 157 Å². The summed E-state index contributed by atoms with van der Waals surface area (Å²) in [7, 11) is 1.70. The SMILES string of the molecule is COc1ccc(CC2CCN(C(=O)CCC3CCNC3)CC2)cc1.Cl. The van der Waals surface area contributed by atoms with Crippen LogP contribution in [0, 0.1) is 11.8 Å². The van der Waals surface area contributed by atoms with E-state index in [-0.39, 0.29) is 12.4 Å². The third-order valence-corrected chi connectivity index (χ3v) is 5.58. The zero-order chi connectivity index (χ0) is 16.8. The fraction of sp³-hybridized carbons (Fsp3) is 0.650. The molecule has 0 spiro atoms. The number of benzene rings is 1. The number of hydrogen-bond donors (Lipinski definition) is 1. The van der Waals surface area contributed by atoms with Crippen molar-refractivity contribution in [1.82, 2.24) is 10.2 Å². The molecule has 0 radical (unpaired) electrons. The van der Waals surface area contributed by atoms with Gasteiger partial charge < -0.3 is 15.0 Å². The van der Waals surface area contributed by atoms with Crippen LogP contribution in [0.4, 0.5) is 0 Å². The van der Waals surface area contributed by atoms with Gasteiger partial charge in [-0.3, -0.25) is 4.79 Å². The highest BCUT2D eigenvalue weighted by Crippen LogP contribution is 2.24. The highest BCUT2D eigenvalue weighted by Gasteiger charge is 2.24. The summed E-state index contributed by atoms with van der Waals surface area (Å²) in [4.78, 5) is 14.5. The molecule has 1 unspecified atom stereocenters. The lowest BCUT2D eigenvalue weighted by molar-refractivity contribution is -0.132. The second-order valence-electron chi connectivity index (χ2n) is 7.27. The molecule has 2 aliphatic rings. The van der Waals surface area contributed by atoms with Crippen LogP contribution < -0.4 is 10.1 Å². The highest BCUT2D eigenvalue weighted by molar-refractivity contribution is 5.85. The van der Waals surface area contributed by atoms with Crippen LogP contribution in [0.2, 0.25) is 0 Å². The fourth-order valence-corrected chi connectivity index (χ4v) is 3.93. The molecule has 1 aromatic carbocycles. The summed E-state index contributed by atoms with van der Waals surface area (Å²) in [5, 5.41) is 3.38. The number of piperidine rings is 1. The maximum Gasteiger partial charge on any atom is 0.222 e. The first-order valence-electron chi connectivity index (χ1n) is 9.36. The Kier molecular flexibility index (Phi) is 8.04. The Morgan fingerprint density at radius 2 is 1.88 bits per heavy atom. The number of rotatable bonds is 6. The first kappa shape index (κ1) is 20.1. The van der Waals surface area contributed by atoms with E-state index >= 15 is 0 Å². The lowest BCUT2D eigenvalue weighted by atomic mass is 9.90. The van der Waals surface area contributed by atoms with Crippen molar-refractivity contribution in [1.29, 1.82) is 0 Å². The number of carbonyl (C=O) groups is 1. The summed E-state index contributed by atoms with van der Waals surface area (Å²) in [5.74, 6) is 2.68. The van der Waals surface area contributed by atoms with Crippen LogP contribution in [0.5, 0.6) is 5.75 Å². The van der Waals surface area contributed by atoms with E-state index in [2.05, 4.69) is 22.3 Å². The van der Waals surface area contributed by atoms with Crippen molar-refractivity contribution >= 4 is 18.3 Å². The van der Waals surface area contributed by atoms with Gasteiger partial charge in [0.2, 0.25) is 5.91 Å². The van der Waals surface area contributed by atoms with Crippen molar-refractivity contribution in [2.75, 3.05) is 33.3 Å². The van der Waals surface area contributed by atoms with Gasteiger partial charge in [0, 0.05) is 19.5 Å². The Hall–Kier alpha value is -1.26.